The van der Waals surface area contributed by atoms with Gasteiger partial charge in [0.2, 0.25) is 0 Å². The number of carbonyl (C=O) groups excluding carboxylic acids is 3. The molecule has 3 rings (SSSR count). The molecule has 0 N–H and O–H groups in total. The van der Waals surface area contributed by atoms with E-state index in [-0.39, 0.29) is 6.42 Å². The Bertz CT molecular complexity index is 819. The highest BCUT2D eigenvalue weighted by atomic mass is 16.2. The van der Waals surface area contributed by atoms with Crippen LogP contribution in [0.3, 0.4) is 0 Å². The van der Waals surface area contributed by atoms with Crippen LogP contribution in [0.1, 0.15) is 44.4 Å². The zero-order chi connectivity index (χ0) is 19.3. The van der Waals surface area contributed by atoms with Gasteiger partial charge in [-0.2, -0.15) is 0 Å². The Morgan fingerprint density at radius 3 is 1.04 bits per heavy atom. The highest BCUT2D eigenvalue weighted by Crippen LogP contribution is 2.35. The van der Waals surface area contributed by atoms with Crippen molar-refractivity contribution in [2.45, 2.75) is 13.3 Å². The van der Waals surface area contributed by atoms with Crippen molar-refractivity contribution in [1.82, 2.24) is 0 Å². The summed E-state index contributed by atoms with van der Waals surface area (Å²) in [6.07, 6.45) is 0.0855. The smallest absolute Gasteiger partial charge is 0.184 e. The van der Waals surface area contributed by atoms with Gasteiger partial charge in [0.1, 0.15) is 0 Å². The number of hydrogen-bond acceptors (Lipinski definition) is 3. The van der Waals surface area contributed by atoms with E-state index in [1.807, 2.05) is 0 Å². The fraction of sp³-hybridized carbons (Fsp3) is 0.125. The third-order valence-corrected chi connectivity index (χ3v) is 4.80. The molecule has 3 nitrogen and oxygen atoms in total. The fourth-order valence-electron chi connectivity index (χ4n) is 3.30. The first-order valence-corrected chi connectivity index (χ1v) is 8.91. The third kappa shape index (κ3) is 3.36. The molecule has 0 radical (unpaired) electrons. The van der Waals surface area contributed by atoms with E-state index >= 15 is 0 Å². The van der Waals surface area contributed by atoms with Gasteiger partial charge < -0.3 is 0 Å². The van der Waals surface area contributed by atoms with Gasteiger partial charge in [0.05, 0.1) is 0 Å². The molecule has 0 atom stereocenters. The van der Waals surface area contributed by atoms with Gasteiger partial charge in [-0.1, -0.05) is 97.9 Å². The van der Waals surface area contributed by atoms with Crippen LogP contribution in [0.4, 0.5) is 0 Å². The minimum atomic E-state index is -1.79. The molecular weight excluding hydrogens is 336 g/mol. The molecule has 0 bridgehead atoms. The fourth-order valence-corrected chi connectivity index (χ4v) is 3.30. The molecule has 0 aliphatic carbocycles. The maximum absolute atomic E-state index is 13.5. The van der Waals surface area contributed by atoms with Crippen molar-refractivity contribution < 1.29 is 14.4 Å². The van der Waals surface area contributed by atoms with Crippen LogP contribution in [0, 0.1) is 5.41 Å². The Balaban J connectivity index is 2.20. The van der Waals surface area contributed by atoms with Crippen molar-refractivity contribution in [3.63, 3.8) is 0 Å². The summed E-state index contributed by atoms with van der Waals surface area (Å²) in [4.78, 5) is 40.5. The normalized spacial score (nSPS) is 11.0. The number of rotatable bonds is 7. The molecule has 3 heteroatoms. The Kier molecular flexibility index (Phi) is 5.41. The van der Waals surface area contributed by atoms with E-state index in [0.29, 0.717) is 16.7 Å². The van der Waals surface area contributed by atoms with Crippen molar-refractivity contribution in [3.05, 3.63) is 108 Å². The zero-order valence-electron chi connectivity index (χ0n) is 15.1. The minimum Gasteiger partial charge on any atom is -0.293 e. The van der Waals surface area contributed by atoms with Crippen LogP contribution < -0.4 is 0 Å². The molecule has 134 valence electrons. The molecule has 3 aromatic rings. The van der Waals surface area contributed by atoms with Crippen LogP contribution in [0.25, 0.3) is 0 Å². The molecule has 0 aliphatic heterocycles. The number of benzene rings is 3. The van der Waals surface area contributed by atoms with E-state index < -0.39 is 22.8 Å². The standard InChI is InChI=1S/C24H20O3/c1-2-24(21(25)18-12-6-3-7-13-18,22(26)19-14-8-4-9-15-19)23(27)20-16-10-5-11-17-20/h3-17H,2H2,1H3. The van der Waals surface area contributed by atoms with Crippen LogP contribution in [0.15, 0.2) is 91.0 Å². The van der Waals surface area contributed by atoms with Crippen LogP contribution in [0.5, 0.6) is 0 Å². The Hall–Kier alpha value is -3.33. The quantitative estimate of drug-likeness (QED) is 0.441. The summed E-state index contributed by atoms with van der Waals surface area (Å²) in [5, 5.41) is 0. The molecule has 0 spiro atoms. The second kappa shape index (κ2) is 7.92. The summed E-state index contributed by atoms with van der Waals surface area (Å²) < 4.78 is 0. The molecule has 0 saturated heterocycles. The van der Waals surface area contributed by atoms with Gasteiger partial charge in [0, 0.05) is 16.7 Å². The summed E-state index contributed by atoms with van der Waals surface area (Å²) >= 11 is 0. The monoisotopic (exact) mass is 356 g/mol. The number of ketones is 3. The second-order valence-corrected chi connectivity index (χ2v) is 6.34. The molecule has 3 aromatic carbocycles. The molecule has 0 aliphatic rings. The average molecular weight is 356 g/mol. The molecule has 0 aromatic heterocycles. The average Bonchev–Trinajstić information content (AvgIpc) is 2.76. The Morgan fingerprint density at radius 2 is 0.815 bits per heavy atom. The van der Waals surface area contributed by atoms with E-state index in [1.165, 1.54) is 0 Å². The maximum Gasteiger partial charge on any atom is 0.184 e. The van der Waals surface area contributed by atoms with E-state index in [4.69, 9.17) is 0 Å². The molecule has 0 heterocycles. The number of hydrogen-bond donors (Lipinski definition) is 0. The molecule has 0 amide bonds. The van der Waals surface area contributed by atoms with Gasteiger partial charge in [0.15, 0.2) is 22.8 Å². The maximum atomic E-state index is 13.5. The highest BCUT2D eigenvalue weighted by Gasteiger charge is 2.51. The van der Waals surface area contributed by atoms with Gasteiger partial charge in [0.25, 0.3) is 0 Å². The topological polar surface area (TPSA) is 51.2 Å². The summed E-state index contributed by atoms with van der Waals surface area (Å²) in [5.41, 5.74) is -0.724. The van der Waals surface area contributed by atoms with E-state index in [0.717, 1.165) is 0 Å². The lowest BCUT2D eigenvalue weighted by Gasteiger charge is -2.29. The first-order chi connectivity index (χ1) is 13.1. The summed E-state index contributed by atoms with van der Waals surface area (Å²) in [5.74, 6) is -1.39. The summed E-state index contributed by atoms with van der Waals surface area (Å²) in [6.45, 7) is 1.71. The van der Waals surface area contributed by atoms with Crippen LogP contribution in [0.2, 0.25) is 0 Å². The molecular formula is C24H20O3. The van der Waals surface area contributed by atoms with Gasteiger partial charge >= 0.3 is 0 Å². The minimum absolute atomic E-state index is 0.0855. The lowest BCUT2D eigenvalue weighted by molar-refractivity contribution is 0.0582. The van der Waals surface area contributed by atoms with Crippen molar-refractivity contribution in [2.24, 2.45) is 5.41 Å². The van der Waals surface area contributed by atoms with Gasteiger partial charge in [-0.3, -0.25) is 14.4 Å². The van der Waals surface area contributed by atoms with Gasteiger partial charge in [-0.05, 0) is 6.42 Å². The molecule has 0 fully saturated rings. The second-order valence-electron chi connectivity index (χ2n) is 6.34. The first kappa shape index (κ1) is 18.5. The molecule has 0 saturated carbocycles. The Labute approximate surface area is 158 Å². The van der Waals surface area contributed by atoms with Gasteiger partial charge in [-0.25, -0.2) is 0 Å². The highest BCUT2D eigenvalue weighted by molar-refractivity contribution is 6.35. The molecule has 0 unspecified atom stereocenters. The van der Waals surface area contributed by atoms with Crippen molar-refractivity contribution >= 4 is 17.3 Å². The SMILES string of the molecule is CCC(C(=O)c1ccccc1)(C(=O)c1ccccc1)C(=O)c1ccccc1. The van der Waals surface area contributed by atoms with Gasteiger partial charge in [-0.15, -0.1) is 0 Å². The van der Waals surface area contributed by atoms with E-state index in [2.05, 4.69) is 0 Å². The third-order valence-electron chi connectivity index (χ3n) is 4.80. The van der Waals surface area contributed by atoms with Crippen molar-refractivity contribution in [3.8, 4) is 0 Å². The predicted molar refractivity (Wildman–Crippen MR) is 105 cm³/mol. The Morgan fingerprint density at radius 1 is 0.556 bits per heavy atom. The van der Waals surface area contributed by atoms with E-state index in [9.17, 15) is 14.4 Å². The largest absolute Gasteiger partial charge is 0.293 e. The van der Waals surface area contributed by atoms with Crippen LogP contribution in [-0.2, 0) is 0 Å². The number of Topliss-reactive ketones (excluding diaryl/α,β-unsaturated/α-hetero) is 3. The number of carbonyl (C=O) groups is 3. The predicted octanol–water partition coefficient (Wildman–Crippen LogP) is 5.03. The van der Waals surface area contributed by atoms with Crippen molar-refractivity contribution in [1.29, 1.82) is 0 Å². The lowest BCUT2D eigenvalue weighted by Crippen LogP contribution is -2.46. The summed E-state index contributed by atoms with van der Waals surface area (Å²) in [7, 11) is 0. The molecule has 27 heavy (non-hydrogen) atoms. The van der Waals surface area contributed by atoms with Crippen LogP contribution in [-0.4, -0.2) is 17.3 Å². The van der Waals surface area contributed by atoms with E-state index in [1.54, 1.807) is 97.9 Å². The van der Waals surface area contributed by atoms with Crippen molar-refractivity contribution in [2.75, 3.05) is 0 Å². The lowest BCUT2D eigenvalue weighted by atomic mass is 9.68. The van der Waals surface area contributed by atoms with Crippen LogP contribution >= 0.6 is 0 Å². The first-order valence-electron chi connectivity index (χ1n) is 8.91. The zero-order valence-corrected chi connectivity index (χ0v) is 15.1. The summed E-state index contributed by atoms with van der Waals surface area (Å²) in [6, 6.07) is 25.6.